The zero-order chi connectivity index (χ0) is 13.7. The van der Waals surface area contributed by atoms with Crippen molar-refractivity contribution in [2.75, 3.05) is 11.9 Å². The van der Waals surface area contributed by atoms with E-state index in [1.54, 1.807) is 25.1 Å². The highest BCUT2D eigenvalue weighted by Crippen LogP contribution is 2.06. The van der Waals surface area contributed by atoms with Gasteiger partial charge in [-0.2, -0.15) is 0 Å². The molecule has 0 aliphatic carbocycles. The number of carbonyl (C=O) groups excluding carboxylic acids is 2. The summed E-state index contributed by atoms with van der Waals surface area (Å²) in [6, 6.07) is 6.39. The molecule has 2 rings (SSSR count). The molecule has 19 heavy (non-hydrogen) atoms. The predicted molar refractivity (Wildman–Crippen MR) is 64.4 cm³/mol. The lowest BCUT2D eigenvalue weighted by molar-refractivity contribution is -0.119. The fraction of sp³-hybridized carbons (Fsp3) is 0.167. The number of pyridine rings is 1. The van der Waals surface area contributed by atoms with E-state index < -0.39 is 18.5 Å². The van der Waals surface area contributed by atoms with Gasteiger partial charge < -0.3 is 14.6 Å². The summed E-state index contributed by atoms with van der Waals surface area (Å²) in [5, 5.41) is 6.01. The van der Waals surface area contributed by atoms with Crippen molar-refractivity contribution >= 4 is 17.7 Å². The van der Waals surface area contributed by atoms with Crippen LogP contribution < -0.4 is 5.32 Å². The molecule has 0 saturated heterocycles. The number of anilines is 1. The highest BCUT2D eigenvalue weighted by atomic mass is 16.5. The maximum atomic E-state index is 11.5. The minimum atomic E-state index is -0.660. The molecule has 2 aromatic heterocycles. The molecule has 0 saturated carbocycles. The van der Waals surface area contributed by atoms with Crippen molar-refractivity contribution in [1.29, 1.82) is 0 Å². The summed E-state index contributed by atoms with van der Waals surface area (Å²) in [5.74, 6) is -0.318. The monoisotopic (exact) mass is 261 g/mol. The normalized spacial score (nSPS) is 9.95. The Balaban J connectivity index is 1.82. The summed E-state index contributed by atoms with van der Waals surface area (Å²) >= 11 is 0. The van der Waals surface area contributed by atoms with Crippen LogP contribution in [0.25, 0.3) is 0 Å². The first-order chi connectivity index (χ1) is 9.15. The second-order valence-corrected chi connectivity index (χ2v) is 3.66. The average Bonchev–Trinajstić information content (AvgIpc) is 2.82. The van der Waals surface area contributed by atoms with Crippen LogP contribution in [-0.4, -0.2) is 28.6 Å². The Labute approximate surface area is 108 Å². The number of hydrogen-bond acceptors (Lipinski definition) is 6. The topological polar surface area (TPSA) is 94.3 Å². The van der Waals surface area contributed by atoms with Crippen LogP contribution >= 0.6 is 0 Å². The number of ether oxygens (including phenoxy) is 1. The van der Waals surface area contributed by atoms with Crippen LogP contribution in [0, 0.1) is 6.92 Å². The molecule has 7 nitrogen and oxygen atoms in total. The summed E-state index contributed by atoms with van der Waals surface area (Å²) in [6.07, 6.45) is 1.47. The zero-order valence-electron chi connectivity index (χ0n) is 10.1. The molecule has 7 heteroatoms. The third-order valence-electron chi connectivity index (χ3n) is 2.10. The first-order valence-corrected chi connectivity index (χ1v) is 5.46. The lowest BCUT2D eigenvalue weighted by atomic mass is 10.3. The van der Waals surface area contributed by atoms with Crippen molar-refractivity contribution in [2.24, 2.45) is 0 Å². The molecule has 0 aliphatic heterocycles. The molecule has 0 fully saturated rings. The van der Waals surface area contributed by atoms with Gasteiger partial charge in [0.25, 0.3) is 5.91 Å². The number of aryl methyl sites for hydroxylation is 1. The molecule has 0 unspecified atom stereocenters. The summed E-state index contributed by atoms with van der Waals surface area (Å²) in [7, 11) is 0. The highest BCUT2D eigenvalue weighted by molar-refractivity contribution is 5.94. The van der Waals surface area contributed by atoms with Crippen LogP contribution in [0.2, 0.25) is 0 Å². The predicted octanol–water partition coefficient (Wildman–Crippen LogP) is 1.17. The van der Waals surface area contributed by atoms with E-state index in [-0.39, 0.29) is 11.5 Å². The smallest absolute Gasteiger partial charge is 0.357 e. The van der Waals surface area contributed by atoms with Gasteiger partial charge in [-0.3, -0.25) is 4.79 Å². The van der Waals surface area contributed by atoms with Gasteiger partial charge in [-0.25, -0.2) is 9.78 Å². The van der Waals surface area contributed by atoms with E-state index in [2.05, 4.69) is 15.5 Å². The Hall–Kier alpha value is -2.70. The molecular weight excluding hydrogens is 250 g/mol. The van der Waals surface area contributed by atoms with Crippen molar-refractivity contribution in [3.63, 3.8) is 0 Å². The Kier molecular flexibility index (Phi) is 3.87. The number of carbonyl (C=O) groups is 2. The molecular formula is C12H11N3O4. The van der Waals surface area contributed by atoms with Gasteiger partial charge in [-0.1, -0.05) is 11.2 Å². The third kappa shape index (κ3) is 3.63. The van der Waals surface area contributed by atoms with Gasteiger partial charge >= 0.3 is 5.97 Å². The largest absolute Gasteiger partial charge is 0.451 e. The van der Waals surface area contributed by atoms with E-state index in [4.69, 9.17) is 9.26 Å². The molecule has 1 amide bonds. The van der Waals surface area contributed by atoms with Gasteiger partial charge in [0.15, 0.2) is 12.4 Å². The minimum Gasteiger partial charge on any atom is -0.451 e. The number of amides is 1. The van der Waals surface area contributed by atoms with E-state index in [9.17, 15) is 9.59 Å². The number of esters is 1. The first-order valence-electron chi connectivity index (χ1n) is 5.46. The van der Waals surface area contributed by atoms with E-state index in [0.717, 1.165) is 0 Å². The fourth-order valence-electron chi connectivity index (χ4n) is 1.29. The van der Waals surface area contributed by atoms with Gasteiger partial charge in [-0.15, -0.1) is 0 Å². The van der Waals surface area contributed by atoms with Crippen molar-refractivity contribution in [3.8, 4) is 0 Å². The van der Waals surface area contributed by atoms with Crippen molar-refractivity contribution in [3.05, 3.63) is 41.9 Å². The standard InChI is InChI=1S/C12H11N3O4/c1-8-6-10(15-19-8)14-11(16)7-18-12(17)9-4-2-3-5-13-9/h2-6H,7H2,1H3,(H,14,15,16). The summed E-state index contributed by atoms with van der Waals surface area (Å²) < 4.78 is 9.57. The van der Waals surface area contributed by atoms with Gasteiger partial charge in [0, 0.05) is 12.3 Å². The average molecular weight is 261 g/mol. The van der Waals surface area contributed by atoms with Crippen molar-refractivity contribution in [2.45, 2.75) is 6.92 Å². The minimum absolute atomic E-state index is 0.146. The summed E-state index contributed by atoms with van der Waals surface area (Å²) in [6.45, 7) is 1.28. The summed E-state index contributed by atoms with van der Waals surface area (Å²) in [4.78, 5) is 26.8. The Morgan fingerprint density at radius 3 is 2.89 bits per heavy atom. The molecule has 0 radical (unpaired) electrons. The van der Waals surface area contributed by atoms with Crippen LogP contribution in [0.3, 0.4) is 0 Å². The number of rotatable bonds is 4. The number of nitrogens with one attached hydrogen (secondary N) is 1. The molecule has 98 valence electrons. The maximum Gasteiger partial charge on any atom is 0.357 e. The Morgan fingerprint density at radius 2 is 2.26 bits per heavy atom. The lowest BCUT2D eigenvalue weighted by Crippen LogP contribution is -2.21. The van der Waals surface area contributed by atoms with Crippen molar-refractivity contribution < 1.29 is 18.8 Å². The lowest BCUT2D eigenvalue weighted by Gasteiger charge is -2.03. The fourth-order valence-corrected chi connectivity index (χ4v) is 1.29. The van der Waals surface area contributed by atoms with Crippen LogP contribution in [0.15, 0.2) is 35.0 Å². The molecule has 0 bridgehead atoms. The van der Waals surface area contributed by atoms with E-state index in [0.29, 0.717) is 5.76 Å². The zero-order valence-corrected chi connectivity index (χ0v) is 10.1. The molecule has 0 aliphatic rings. The van der Waals surface area contributed by atoms with E-state index >= 15 is 0 Å². The molecule has 1 N–H and O–H groups in total. The van der Waals surface area contributed by atoms with Gasteiger partial charge in [-0.05, 0) is 19.1 Å². The van der Waals surface area contributed by atoms with Crippen LogP contribution in [0.4, 0.5) is 5.82 Å². The van der Waals surface area contributed by atoms with Crippen LogP contribution in [0.5, 0.6) is 0 Å². The quantitative estimate of drug-likeness (QED) is 0.830. The summed E-state index contributed by atoms with van der Waals surface area (Å²) in [5.41, 5.74) is 0.146. The second-order valence-electron chi connectivity index (χ2n) is 3.66. The second kappa shape index (κ2) is 5.76. The number of aromatic nitrogens is 2. The Morgan fingerprint density at radius 1 is 1.42 bits per heavy atom. The highest BCUT2D eigenvalue weighted by Gasteiger charge is 2.12. The molecule has 0 aromatic carbocycles. The molecule has 2 aromatic rings. The van der Waals surface area contributed by atoms with E-state index in [1.165, 1.54) is 12.3 Å². The molecule has 0 spiro atoms. The van der Waals surface area contributed by atoms with Crippen LogP contribution in [0.1, 0.15) is 16.2 Å². The van der Waals surface area contributed by atoms with E-state index in [1.807, 2.05) is 0 Å². The number of hydrogen-bond donors (Lipinski definition) is 1. The molecule has 2 heterocycles. The Bertz CT molecular complexity index is 580. The third-order valence-corrected chi connectivity index (χ3v) is 2.10. The maximum absolute atomic E-state index is 11.5. The SMILES string of the molecule is Cc1cc(NC(=O)COC(=O)c2ccccn2)no1. The van der Waals surface area contributed by atoms with Gasteiger partial charge in [0.05, 0.1) is 0 Å². The van der Waals surface area contributed by atoms with Gasteiger partial charge in [0.1, 0.15) is 11.5 Å². The van der Waals surface area contributed by atoms with Gasteiger partial charge in [0.2, 0.25) is 0 Å². The van der Waals surface area contributed by atoms with Crippen LogP contribution in [-0.2, 0) is 9.53 Å². The first kappa shape index (κ1) is 12.7. The van der Waals surface area contributed by atoms with Crippen molar-refractivity contribution in [1.82, 2.24) is 10.1 Å². The molecule has 0 atom stereocenters. The number of nitrogens with zero attached hydrogens (tertiary/aromatic N) is 2.